The maximum absolute atomic E-state index is 12.6. The summed E-state index contributed by atoms with van der Waals surface area (Å²) in [6, 6.07) is 32.7. The Morgan fingerprint density at radius 3 is 1.70 bits per heavy atom. The van der Waals surface area contributed by atoms with Gasteiger partial charge in [-0.2, -0.15) is 0 Å². The molecule has 2 nitrogen and oxygen atoms in total. The van der Waals surface area contributed by atoms with Crippen molar-refractivity contribution in [2.24, 2.45) is 5.92 Å². The molecule has 2 heterocycles. The van der Waals surface area contributed by atoms with Crippen LogP contribution in [0.1, 0.15) is 55.3 Å². The van der Waals surface area contributed by atoms with Crippen LogP contribution in [0.4, 0.5) is 0 Å². The van der Waals surface area contributed by atoms with E-state index in [1.807, 2.05) is 12.1 Å². The molecule has 3 aromatic carbocycles. The fourth-order valence-electron chi connectivity index (χ4n) is 6.36. The molecule has 1 unspecified atom stereocenters. The van der Waals surface area contributed by atoms with Crippen molar-refractivity contribution in [2.45, 2.75) is 56.3 Å². The summed E-state index contributed by atoms with van der Waals surface area (Å²) in [4.78, 5) is 1.57. The lowest BCUT2D eigenvalue weighted by molar-refractivity contribution is -0.998. The Kier molecular flexibility index (Phi) is 5.22. The van der Waals surface area contributed by atoms with Gasteiger partial charge >= 0.3 is 0 Å². The summed E-state index contributed by atoms with van der Waals surface area (Å²) in [5.41, 5.74) is 2.41. The number of piperidine rings is 2. The second kappa shape index (κ2) is 8.02. The first-order valence-electron chi connectivity index (χ1n) is 11.4. The molecule has 3 aliphatic rings. The Bertz CT molecular complexity index is 908. The van der Waals surface area contributed by atoms with E-state index in [2.05, 4.69) is 85.8 Å². The first-order chi connectivity index (χ1) is 14.7. The summed E-state index contributed by atoms with van der Waals surface area (Å²) in [7, 11) is 0. The van der Waals surface area contributed by atoms with Crippen molar-refractivity contribution < 1.29 is 10.0 Å². The molecule has 0 radical (unpaired) electrons. The van der Waals surface area contributed by atoms with Gasteiger partial charge in [0, 0.05) is 11.5 Å². The van der Waals surface area contributed by atoms with Crippen LogP contribution in [0.15, 0.2) is 91.0 Å². The largest absolute Gasteiger partial charge is 0.374 e. The fraction of sp³-hybridized carbons (Fsp3) is 0.357. The predicted molar refractivity (Wildman–Crippen MR) is 121 cm³/mol. The molecule has 3 fully saturated rings. The topological polar surface area (TPSA) is 24.7 Å². The Morgan fingerprint density at radius 2 is 1.20 bits per heavy atom. The Hall–Kier alpha value is -2.42. The molecular weight excluding hydrogens is 366 g/mol. The van der Waals surface area contributed by atoms with E-state index in [9.17, 15) is 5.11 Å². The quantitative estimate of drug-likeness (QED) is 0.649. The summed E-state index contributed by atoms with van der Waals surface area (Å²) in [6.07, 6.45) is 4.99. The third kappa shape index (κ3) is 3.19. The van der Waals surface area contributed by atoms with Crippen LogP contribution in [0.5, 0.6) is 0 Å². The van der Waals surface area contributed by atoms with Crippen molar-refractivity contribution >= 4 is 0 Å². The van der Waals surface area contributed by atoms with Gasteiger partial charge in [0.25, 0.3) is 0 Å². The SMILES string of the molecule is C[C@H](c1ccccc1)[NH+]1C2CCC(CC2)[C@H]1C(O)(c1ccccc1)c1ccccc1. The molecule has 2 bridgehead atoms. The summed E-state index contributed by atoms with van der Waals surface area (Å²) >= 11 is 0. The molecule has 2 N–H and O–H groups in total. The second-order valence-corrected chi connectivity index (χ2v) is 9.22. The highest BCUT2D eigenvalue weighted by Crippen LogP contribution is 2.43. The van der Waals surface area contributed by atoms with Crippen molar-refractivity contribution in [3.63, 3.8) is 0 Å². The normalized spacial score (nSPS) is 27.0. The Balaban J connectivity index is 1.66. The molecule has 1 saturated carbocycles. The van der Waals surface area contributed by atoms with Crippen molar-refractivity contribution in [1.82, 2.24) is 0 Å². The van der Waals surface area contributed by atoms with Gasteiger partial charge in [-0.15, -0.1) is 0 Å². The van der Waals surface area contributed by atoms with Crippen LogP contribution in [0, 0.1) is 5.92 Å². The number of rotatable bonds is 5. The van der Waals surface area contributed by atoms with Crippen LogP contribution in [0.3, 0.4) is 0 Å². The van der Waals surface area contributed by atoms with Gasteiger partial charge < -0.3 is 10.0 Å². The second-order valence-electron chi connectivity index (χ2n) is 9.22. The van der Waals surface area contributed by atoms with Gasteiger partial charge in [0.1, 0.15) is 12.1 Å². The zero-order valence-corrected chi connectivity index (χ0v) is 17.7. The number of hydrogen-bond donors (Lipinski definition) is 2. The number of aliphatic hydroxyl groups is 1. The van der Waals surface area contributed by atoms with E-state index in [1.165, 1.54) is 31.2 Å². The van der Waals surface area contributed by atoms with E-state index in [-0.39, 0.29) is 6.04 Å². The molecule has 6 rings (SSSR count). The summed E-state index contributed by atoms with van der Waals surface area (Å²) in [6.45, 7) is 2.36. The third-order valence-corrected chi connectivity index (χ3v) is 7.75. The number of benzene rings is 3. The fourth-order valence-corrected chi connectivity index (χ4v) is 6.36. The summed E-state index contributed by atoms with van der Waals surface area (Å²) in [5, 5.41) is 12.6. The summed E-state index contributed by atoms with van der Waals surface area (Å²) < 4.78 is 0. The standard InChI is InChI=1S/C28H31NO/c1-21(22-11-5-2-6-12-22)29-26-19-17-23(18-20-26)27(29)28(30,24-13-7-3-8-14-24)25-15-9-4-10-16-25/h2-16,21,23,26-27,30H,17-20H2,1H3/p+1/t21-,23?,26?,27+/m1/s1. The average molecular weight is 399 g/mol. The van der Waals surface area contributed by atoms with Crippen LogP contribution < -0.4 is 4.90 Å². The third-order valence-electron chi connectivity index (χ3n) is 7.75. The molecule has 30 heavy (non-hydrogen) atoms. The molecule has 1 aliphatic carbocycles. The zero-order valence-electron chi connectivity index (χ0n) is 17.7. The minimum Gasteiger partial charge on any atom is -0.374 e. The van der Waals surface area contributed by atoms with E-state index in [1.54, 1.807) is 4.90 Å². The number of nitrogens with one attached hydrogen (secondary N) is 1. The molecule has 2 heteroatoms. The molecule has 154 valence electrons. The van der Waals surface area contributed by atoms with Gasteiger partial charge in [-0.25, -0.2) is 0 Å². The van der Waals surface area contributed by atoms with Gasteiger partial charge in [0.05, 0.1) is 6.04 Å². The maximum Gasteiger partial charge on any atom is 0.167 e. The Labute approximate surface area is 180 Å². The van der Waals surface area contributed by atoms with E-state index in [0.717, 1.165) is 11.1 Å². The first-order valence-corrected chi connectivity index (χ1v) is 11.4. The van der Waals surface area contributed by atoms with Crippen LogP contribution >= 0.6 is 0 Å². The van der Waals surface area contributed by atoms with Crippen LogP contribution in [-0.2, 0) is 5.60 Å². The van der Waals surface area contributed by atoms with Crippen LogP contribution in [-0.4, -0.2) is 17.2 Å². The smallest absolute Gasteiger partial charge is 0.167 e. The van der Waals surface area contributed by atoms with E-state index >= 15 is 0 Å². The lowest BCUT2D eigenvalue weighted by Crippen LogP contribution is -3.23. The lowest BCUT2D eigenvalue weighted by Gasteiger charge is -2.55. The molecule has 3 atom stereocenters. The van der Waals surface area contributed by atoms with Crippen molar-refractivity contribution in [2.75, 3.05) is 0 Å². The number of hydrogen-bond acceptors (Lipinski definition) is 1. The lowest BCUT2D eigenvalue weighted by atomic mass is 9.64. The first kappa shape index (κ1) is 19.5. The highest BCUT2D eigenvalue weighted by Gasteiger charge is 2.57. The zero-order chi connectivity index (χ0) is 20.6. The van der Waals surface area contributed by atoms with Gasteiger partial charge in [-0.3, -0.25) is 0 Å². The molecule has 3 aromatic rings. The predicted octanol–water partition coefficient (Wildman–Crippen LogP) is 4.51. The van der Waals surface area contributed by atoms with E-state index in [0.29, 0.717) is 18.0 Å². The molecular formula is C28H32NO+. The van der Waals surface area contributed by atoms with Crippen molar-refractivity contribution in [3.05, 3.63) is 108 Å². The molecule has 0 spiro atoms. The number of fused-ring (bicyclic) bond motifs is 3. The van der Waals surface area contributed by atoms with E-state index < -0.39 is 5.60 Å². The molecule has 2 aliphatic heterocycles. The van der Waals surface area contributed by atoms with Gasteiger partial charge in [0.15, 0.2) is 5.60 Å². The Morgan fingerprint density at radius 1 is 0.733 bits per heavy atom. The van der Waals surface area contributed by atoms with Crippen LogP contribution in [0.2, 0.25) is 0 Å². The minimum atomic E-state index is -0.995. The highest BCUT2D eigenvalue weighted by molar-refractivity contribution is 5.38. The number of quaternary nitrogens is 1. The van der Waals surface area contributed by atoms with E-state index in [4.69, 9.17) is 0 Å². The molecule has 0 aromatic heterocycles. The van der Waals surface area contributed by atoms with Gasteiger partial charge in [0.2, 0.25) is 0 Å². The van der Waals surface area contributed by atoms with Gasteiger partial charge in [-0.1, -0.05) is 91.0 Å². The monoisotopic (exact) mass is 398 g/mol. The average Bonchev–Trinajstić information content (AvgIpc) is 2.85. The maximum atomic E-state index is 12.6. The summed E-state index contributed by atoms with van der Waals surface area (Å²) in [5.74, 6) is 0.529. The van der Waals surface area contributed by atoms with Crippen molar-refractivity contribution in [1.29, 1.82) is 0 Å². The molecule has 0 amide bonds. The van der Waals surface area contributed by atoms with Crippen molar-refractivity contribution in [3.8, 4) is 0 Å². The van der Waals surface area contributed by atoms with Crippen LogP contribution in [0.25, 0.3) is 0 Å². The molecule has 2 saturated heterocycles. The highest BCUT2D eigenvalue weighted by atomic mass is 16.3. The minimum absolute atomic E-state index is 0.144. The van der Waals surface area contributed by atoms with Gasteiger partial charge in [-0.05, 0) is 43.7 Å².